The Morgan fingerprint density at radius 1 is 1.45 bits per heavy atom. The maximum atomic E-state index is 12.7. The number of halogens is 1. The Bertz CT molecular complexity index is 513. The number of amides is 1. The van der Waals surface area contributed by atoms with Crippen molar-refractivity contribution in [1.29, 1.82) is 0 Å². The zero-order valence-electron chi connectivity index (χ0n) is 11.8. The molecule has 0 saturated carbocycles. The van der Waals surface area contributed by atoms with Gasteiger partial charge in [0.15, 0.2) is 0 Å². The van der Waals surface area contributed by atoms with Gasteiger partial charge in [-0.2, -0.15) is 0 Å². The number of hydrogen-bond acceptors (Lipinski definition) is 3. The number of carbonyl (C=O) groups excluding carboxylic acids is 2. The molecule has 2 heterocycles. The smallest absolute Gasteiger partial charge is 0.328 e. The highest BCUT2D eigenvalue weighted by atomic mass is 35.5. The van der Waals surface area contributed by atoms with E-state index in [1.54, 1.807) is 21.7 Å². The lowest BCUT2D eigenvalue weighted by atomic mass is 10.0. The minimum Gasteiger partial charge on any atom is -0.467 e. The first-order valence-corrected chi connectivity index (χ1v) is 7.20. The van der Waals surface area contributed by atoms with E-state index in [2.05, 4.69) is 0 Å². The molecule has 110 valence electrons. The predicted octanol–water partition coefficient (Wildman–Crippen LogP) is 2.33. The van der Waals surface area contributed by atoms with Gasteiger partial charge in [0.05, 0.1) is 12.1 Å². The van der Waals surface area contributed by atoms with E-state index in [0.717, 1.165) is 12.8 Å². The Morgan fingerprint density at radius 2 is 2.20 bits per heavy atom. The Labute approximate surface area is 123 Å². The number of aromatic nitrogens is 1. The molecule has 20 heavy (non-hydrogen) atoms. The highest BCUT2D eigenvalue weighted by Crippen LogP contribution is 2.23. The summed E-state index contributed by atoms with van der Waals surface area (Å²) in [6.45, 7) is 3.18. The summed E-state index contributed by atoms with van der Waals surface area (Å²) in [6, 6.07) is 1.16. The number of ether oxygens (including phenoxy) is 1. The van der Waals surface area contributed by atoms with Crippen molar-refractivity contribution in [3.8, 4) is 0 Å². The Hall–Kier alpha value is -1.49. The molecule has 1 saturated heterocycles. The van der Waals surface area contributed by atoms with Crippen LogP contribution in [0.5, 0.6) is 0 Å². The van der Waals surface area contributed by atoms with Gasteiger partial charge in [0.2, 0.25) is 0 Å². The van der Waals surface area contributed by atoms with Crippen LogP contribution in [0, 0.1) is 0 Å². The lowest BCUT2D eigenvalue weighted by molar-refractivity contribution is -0.147. The van der Waals surface area contributed by atoms with Gasteiger partial charge in [0.1, 0.15) is 11.7 Å². The minimum absolute atomic E-state index is 0.158. The lowest BCUT2D eigenvalue weighted by Gasteiger charge is -2.33. The minimum atomic E-state index is -0.486. The molecule has 1 aromatic rings. The molecule has 1 atom stereocenters. The van der Waals surface area contributed by atoms with Crippen LogP contribution < -0.4 is 0 Å². The molecule has 0 aromatic carbocycles. The third-order valence-electron chi connectivity index (χ3n) is 3.66. The molecule has 1 unspecified atom stereocenters. The van der Waals surface area contributed by atoms with Crippen molar-refractivity contribution < 1.29 is 14.3 Å². The van der Waals surface area contributed by atoms with E-state index in [-0.39, 0.29) is 11.9 Å². The fourth-order valence-corrected chi connectivity index (χ4v) is 2.84. The van der Waals surface area contributed by atoms with Gasteiger partial charge in [-0.25, -0.2) is 4.79 Å². The first-order valence-electron chi connectivity index (χ1n) is 6.83. The van der Waals surface area contributed by atoms with E-state index in [1.165, 1.54) is 7.11 Å². The number of methoxy groups -OCH3 is 1. The number of hydrogen-bond donors (Lipinski definition) is 0. The fourth-order valence-electron chi connectivity index (χ4n) is 2.62. The molecule has 0 N–H and O–H groups in total. The van der Waals surface area contributed by atoms with Crippen LogP contribution in [-0.2, 0) is 16.1 Å². The van der Waals surface area contributed by atoms with Crippen LogP contribution in [-0.4, -0.2) is 41.0 Å². The van der Waals surface area contributed by atoms with Crippen molar-refractivity contribution in [3.63, 3.8) is 0 Å². The van der Waals surface area contributed by atoms with Gasteiger partial charge in [0.25, 0.3) is 5.91 Å². The largest absolute Gasteiger partial charge is 0.467 e. The summed E-state index contributed by atoms with van der Waals surface area (Å²) in [5, 5.41) is 0.529. The van der Waals surface area contributed by atoms with Crippen molar-refractivity contribution >= 4 is 23.5 Å². The highest BCUT2D eigenvalue weighted by Gasteiger charge is 2.34. The number of esters is 1. The molecule has 0 radical (unpaired) electrons. The quantitative estimate of drug-likeness (QED) is 0.805. The SMILES string of the molecule is CCn1cc(Cl)cc1C(=O)N1CCCCC1C(=O)OC. The summed E-state index contributed by atoms with van der Waals surface area (Å²) in [6.07, 6.45) is 4.21. The van der Waals surface area contributed by atoms with E-state index >= 15 is 0 Å². The number of nitrogens with zero attached hydrogens (tertiary/aromatic N) is 2. The monoisotopic (exact) mass is 298 g/mol. The average molecular weight is 299 g/mol. The third-order valence-corrected chi connectivity index (χ3v) is 3.87. The first kappa shape index (κ1) is 14.9. The standard InChI is InChI=1S/C14H19ClN2O3/c1-3-16-9-10(15)8-12(16)13(18)17-7-5-4-6-11(17)14(19)20-2/h8-9,11H,3-7H2,1-2H3. The summed E-state index contributed by atoms with van der Waals surface area (Å²) >= 11 is 5.97. The van der Waals surface area contributed by atoms with Gasteiger partial charge in [-0.1, -0.05) is 11.6 Å². The van der Waals surface area contributed by atoms with Crippen molar-refractivity contribution in [3.05, 3.63) is 23.0 Å². The number of aryl methyl sites for hydroxylation is 1. The number of carbonyl (C=O) groups is 2. The van der Waals surface area contributed by atoms with Crippen molar-refractivity contribution in [2.75, 3.05) is 13.7 Å². The summed E-state index contributed by atoms with van der Waals surface area (Å²) in [5.41, 5.74) is 0.522. The average Bonchev–Trinajstić information content (AvgIpc) is 2.86. The Balaban J connectivity index is 2.27. The van der Waals surface area contributed by atoms with Crippen molar-refractivity contribution in [2.45, 2.75) is 38.8 Å². The lowest BCUT2D eigenvalue weighted by Crippen LogP contribution is -2.48. The Morgan fingerprint density at radius 3 is 2.85 bits per heavy atom. The van der Waals surface area contributed by atoms with Gasteiger partial charge in [-0.15, -0.1) is 0 Å². The number of piperidine rings is 1. The molecule has 1 amide bonds. The van der Waals surface area contributed by atoms with Crippen LogP contribution in [0.15, 0.2) is 12.3 Å². The van der Waals surface area contributed by atoms with E-state index < -0.39 is 6.04 Å². The fraction of sp³-hybridized carbons (Fsp3) is 0.571. The molecule has 6 heteroatoms. The van der Waals surface area contributed by atoms with Crippen LogP contribution in [0.1, 0.15) is 36.7 Å². The maximum absolute atomic E-state index is 12.7. The van der Waals surface area contributed by atoms with E-state index in [0.29, 0.717) is 30.2 Å². The van der Waals surface area contributed by atoms with E-state index in [4.69, 9.17) is 16.3 Å². The van der Waals surface area contributed by atoms with E-state index in [9.17, 15) is 9.59 Å². The zero-order valence-corrected chi connectivity index (χ0v) is 12.5. The summed E-state index contributed by atoms with van der Waals surface area (Å²) in [7, 11) is 1.35. The normalized spacial score (nSPS) is 18.9. The van der Waals surface area contributed by atoms with Crippen LogP contribution in [0.4, 0.5) is 0 Å². The molecule has 5 nitrogen and oxygen atoms in total. The number of rotatable bonds is 3. The second-order valence-corrected chi connectivity index (χ2v) is 5.30. The molecular formula is C14H19ClN2O3. The molecule has 2 rings (SSSR count). The van der Waals surface area contributed by atoms with Crippen LogP contribution in [0.25, 0.3) is 0 Å². The van der Waals surface area contributed by atoms with Crippen LogP contribution >= 0.6 is 11.6 Å². The first-order chi connectivity index (χ1) is 9.58. The van der Waals surface area contributed by atoms with Crippen LogP contribution in [0.3, 0.4) is 0 Å². The topological polar surface area (TPSA) is 51.5 Å². The summed E-state index contributed by atoms with van der Waals surface area (Å²) in [5.74, 6) is -0.507. The molecule has 0 bridgehead atoms. The molecule has 1 aromatic heterocycles. The van der Waals surface area contributed by atoms with Crippen LogP contribution in [0.2, 0.25) is 5.02 Å². The third kappa shape index (κ3) is 2.82. The molecule has 0 spiro atoms. The number of likely N-dealkylation sites (tertiary alicyclic amines) is 1. The molecule has 1 fully saturated rings. The molecule has 1 aliphatic heterocycles. The van der Waals surface area contributed by atoms with E-state index in [1.807, 2.05) is 6.92 Å². The summed E-state index contributed by atoms with van der Waals surface area (Å²) in [4.78, 5) is 26.1. The molecular weight excluding hydrogens is 280 g/mol. The highest BCUT2D eigenvalue weighted by molar-refractivity contribution is 6.31. The Kier molecular flexibility index (Phi) is 4.70. The van der Waals surface area contributed by atoms with Crippen molar-refractivity contribution in [2.24, 2.45) is 0 Å². The predicted molar refractivity (Wildman–Crippen MR) is 75.8 cm³/mol. The maximum Gasteiger partial charge on any atom is 0.328 e. The van der Waals surface area contributed by atoms with Gasteiger partial charge in [-0.3, -0.25) is 4.79 Å². The van der Waals surface area contributed by atoms with Crippen molar-refractivity contribution in [1.82, 2.24) is 9.47 Å². The summed E-state index contributed by atoms with van der Waals surface area (Å²) < 4.78 is 6.60. The second kappa shape index (κ2) is 6.31. The zero-order chi connectivity index (χ0) is 14.7. The van der Waals surface area contributed by atoms with Gasteiger partial charge >= 0.3 is 5.97 Å². The van der Waals surface area contributed by atoms with Gasteiger partial charge < -0.3 is 14.2 Å². The van der Waals surface area contributed by atoms with Gasteiger partial charge in [0, 0.05) is 19.3 Å². The second-order valence-electron chi connectivity index (χ2n) is 4.86. The molecule has 1 aliphatic rings. The molecule has 0 aliphatic carbocycles. The van der Waals surface area contributed by atoms with Gasteiger partial charge in [-0.05, 0) is 32.3 Å².